The molecule has 38 heavy (non-hydrogen) atoms. The van der Waals surface area contributed by atoms with Crippen LogP contribution >= 0.6 is 0 Å². The number of hydrogen-bond acceptors (Lipinski definition) is 7. The van der Waals surface area contributed by atoms with Gasteiger partial charge in [-0.1, -0.05) is 20.8 Å². The maximum Gasteiger partial charge on any atom is 0.422 e. The Hall–Kier alpha value is -3.49. The summed E-state index contributed by atoms with van der Waals surface area (Å²) >= 11 is 0. The summed E-state index contributed by atoms with van der Waals surface area (Å²) in [6, 6.07) is 4.61. The fraction of sp³-hybridized carbons (Fsp3) is 0.522. The van der Waals surface area contributed by atoms with Crippen LogP contribution in [-0.4, -0.2) is 71.4 Å². The van der Waals surface area contributed by atoms with Crippen LogP contribution in [0, 0.1) is 5.41 Å². The number of carbonyl (C=O) groups is 1. The van der Waals surface area contributed by atoms with Gasteiger partial charge in [-0.2, -0.15) is 26.3 Å². The van der Waals surface area contributed by atoms with Crippen molar-refractivity contribution in [2.24, 2.45) is 5.41 Å². The normalized spacial score (nSPS) is 13.0. The first-order valence-corrected chi connectivity index (χ1v) is 11.2. The van der Waals surface area contributed by atoms with Crippen molar-refractivity contribution in [3.63, 3.8) is 0 Å². The predicted molar refractivity (Wildman–Crippen MR) is 124 cm³/mol. The molecule has 0 aliphatic heterocycles. The minimum Gasteiger partial charge on any atom is -0.468 e. The van der Waals surface area contributed by atoms with Crippen molar-refractivity contribution in [2.45, 2.75) is 45.8 Å². The molecule has 2 N–H and O–H groups in total. The summed E-state index contributed by atoms with van der Waals surface area (Å²) in [7, 11) is 1.45. The molecule has 0 bridgehead atoms. The lowest BCUT2D eigenvalue weighted by molar-refractivity contribution is -0.154. The second kappa shape index (κ2) is 12.4. The predicted octanol–water partition coefficient (Wildman–Crippen LogP) is 4.33. The number of hydrazine groups is 1. The van der Waals surface area contributed by atoms with Crippen LogP contribution < -0.4 is 19.8 Å². The maximum atomic E-state index is 13.1. The average molecular weight is 554 g/mol. The Morgan fingerprint density at radius 1 is 0.974 bits per heavy atom. The van der Waals surface area contributed by atoms with Crippen LogP contribution in [0.1, 0.15) is 26.3 Å². The number of carbonyl (C=O) groups excluding carboxylic acids is 1. The zero-order valence-electron chi connectivity index (χ0n) is 21.1. The molecule has 0 unspecified atom stereocenters. The lowest BCUT2D eigenvalue weighted by Gasteiger charge is -2.37. The summed E-state index contributed by atoms with van der Waals surface area (Å²) < 4.78 is 84.1. The van der Waals surface area contributed by atoms with Crippen LogP contribution in [0.4, 0.5) is 36.8 Å². The molecule has 9 nitrogen and oxygen atoms in total. The van der Waals surface area contributed by atoms with E-state index in [4.69, 9.17) is 0 Å². The van der Waals surface area contributed by atoms with Crippen molar-refractivity contribution >= 4 is 11.7 Å². The van der Waals surface area contributed by atoms with E-state index < -0.39 is 43.1 Å². The number of nitrogens with zero attached hydrogens (tertiary/aromatic N) is 4. The highest BCUT2D eigenvalue weighted by atomic mass is 19.4. The van der Waals surface area contributed by atoms with Gasteiger partial charge in [-0.3, -0.25) is 5.01 Å². The summed E-state index contributed by atoms with van der Waals surface area (Å²) in [5, 5.41) is 15.7. The summed E-state index contributed by atoms with van der Waals surface area (Å²) in [6.45, 7) is 1.84. The van der Waals surface area contributed by atoms with Gasteiger partial charge in [0, 0.05) is 38.1 Å². The minimum atomic E-state index is -4.57. The minimum absolute atomic E-state index is 0.129. The quantitative estimate of drug-likeness (QED) is 0.334. The molecule has 0 aromatic carbocycles. The van der Waals surface area contributed by atoms with E-state index in [9.17, 15) is 36.2 Å². The molecule has 0 fully saturated rings. The number of urea groups is 1. The van der Waals surface area contributed by atoms with Crippen LogP contribution in [0.3, 0.4) is 0 Å². The Morgan fingerprint density at radius 3 is 2.03 bits per heavy atom. The van der Waals surface area contributed by atoms with Gasteiger partial charge in [-0.25, -0.2) is 19.8 Å². The van der Waals surface area contributed by atoms with Crippen LogP contribution in [0.2, 0.25) is 0 Å². The van der Waals surface area contributed by atoms with Gasteiger partial charge >= 0.3 is 18.4 Å². The Labute approximate surface area is 215 Å². The third-order valence-electron chi connectivity index (χ3n) is 5.04. The number of nitrogens with one attached hydrogen (secondary N) is 1. The molecule has 212 valence electrons. The molecule has 2 heterocycles. The second-order valence-electron chi connectivity index (χ2n) is 9.31. The van der Waals surface area contributed by atoms with Crippen molar-refractivity contribution < 1.29 is 45.7 Å². The lowest BCUT2D eigenvalue weighted by Crippen LogP contribution is -2.54. The van der Waals surface area contributed by atoms with E-state index in [0.717, 1.165) is 5.01 Å². The fourth-order valence-corrected chi connectivity index (χ4v) is 2.82. The second-order valence-corrected chi connectivity index (χ2v) is 9.31. The molecule has 0 saturated heterocycles. The number of alkyl halides is 6. The molecule has 15 heteroatoms. The first-order chi connectivity index (χ1) is 17.4. The molecule has 2 aromatic rings. The molecular formula is C23H29F6N5O4. The molecule has 0 aliphatic carbocycles. The highest BCUT2D eigenvalue weighted by Crippen LogP contribution is 2.25. The number of ether oxygens (including phenoxy) is 2. The van der Waals surface area contributed by atoms with Gasteiger partial charge in [0.25, 0.3) is 0 Å². The van der Waals surface area contributed by atoms with E-state index in [0.29, 0.717) is 5.56 Å². The van der Waals surface area contributed by atoms with E-state index >= 15 is 0 Å². The van der Waals surface area contributed by atoms with E-state index in [1.165, 1.54) is 48.7 Å². The van der Waals surface area contributed by atoms with Crippen molar-refractivity contribution in [3.8, 4) is 11.8 Å². The van der Waals surface area contributed by atoms with Crippen molar-refractivity contribution in [1.29, 1.82) is 0 Å². The topological polar surface area (TPSA) is 100 Å². The summed E-state index contributed by atoms with van der Waals surface area (Å²) in [4.78, 5) is 20.6. The molecule has 1 atom stereocenters. The SMILES string of the molecule is CN(c1ccnc(OCC(F)(F)F)c1)N(C[C@@H](O)C(C)(C)C)C(=O)NCc1ccnc(OCC(F)(F)F)c1. The van der Waals surface area contributed by atoms with E-state index in [2.05, 4.69) is 24.8 Å². The molecule has 0 aliphatic rings. The van der Waals surface area contributed by atoms with Gasteiger partial charge in [-0.15, -0.1) is 0 Å². The number of aliphatic hydroxyl groups is 1. The van der Waals surface area contributed by atoms with Crippen molar-refractivity contribution in [1.82, 2.24) is 20.3 Å². The third kappa shape index (κ3) is 10.5. The number of rotatable bonds is 10. The van der Waals surface area contributed by atoms with Crippen LogP contribution in [0.25, 0.3) is 0 Å². The van der Waals surface area contributed by atoms with Gasteiger partial charge in [0.1, 0.15) is 0 Å². The number of pyridine rings is 2. The summed E-state index contributed by atoms with van der Waals surface area (Å²) in [6.07, 6.45) is -7.71. The molecule has 2 amide bonds. The van der Waals surface area contributed by atoms with E-state index in [-0.39, 0.29) is 30.5 Å². The van der Waals surface area contributed by atoms with Gasteiger partial charge in [-0.05, 0) is 23.1 Å². The lowest BCUT2D eigenvalue weighted by atomic mass is 9.89. The fourth-order valence-electron chi connectivity index (χ4n) is 2.82. The highest BCUT2D eigenvalue weighted by molar-refractivity contribution is 5.76. The van der Waals surface area contributed by atoms with Gasteiger partial charge in [0.15, 0.2) is 13.2 Å². The van der Waals surface area contributed by atoms with Gasteiger partial charge in [0.05, 0.1) is 18.3 Å². The molecule has 0 radical (unpaired) electrons. The van der Waals surface area contributed by atoms with Crippen molar-refractivity contribution in [3.05, 3.63) is 42.2 Å². The zero-order valence-corrected chi connectivity index (χ0v) is 21.1. The largest absolute Gasteiger partial charge is 0.468 e. The molecule has 0 saturated carbocycles. The van der Waals surface area contributed by atoms with E-state index in [1.54, 1.807) is 20.8 Å². The summed E-state index contributed by atoms with van der Waals surface area (Å²) in [5.74, 6) is -0.610. The Morgan fingerprint density at radius 2 is 1.50 bits per heavy atom. The average Bonchev–Trinajstić information content (AvgIpc) is 2.81. The molecular weight excluding hydrogens is 524 g/mol. The number of aromatic nitrogens is 2. The number of anilines is 1. The van der Waals surface area contributed by atoms with Crippen LogP contribution in [-0.2, 0) is 6.54 Å². The Bertz CT molecular complexity index is 1060. The van der Waals surface area contributed by atoms with Crippen LogP contribution in [0.15, 0.2) is 36.7 Å². The van der Waals surface area contributed by atoms with Crippen LogP contribution in [0.5, 0.6) is 11.8 Å². The maximum absolute atomic E-state index is 13.1. The summed E-state index contributed by atoms with van der Waals surface area (Å²) in [5.41, 5.74) is -0.00885. The number of amides is 2. The smallest absolute Gasteiger partial charge is 0.422 e. The molecule has 2 aromatic heterocycles. The monoisotopic (exact) mass is 553 g/mol. The van der Waals surface area contributed by atoms with Crippen molar-refractivity contribution in [2.75, 3.05) is 31.8 Å². The molecule has 0 spiro atoms. The Balaban J connectivity index is 2.19. The number of aliphatic hydroxyl groups excluding tert-OH is 1. The van der Waals surface area contributed by atoms with Gasteiger partial charge in [0.2, 0.25) is 11.8 Å². The zero-order chi connectivity index (χ0) is 28.7. The van der Waals surface area contributed by atoms with E-state index in [1.807, 2.05) is 0 Å². The number of hydrogen-bond donors (Lipinski definition) is 2. The first kappa shape index (κ1) is 30.7. The first-order valence-electron chi connectivity index (χ1n) is 11.2. The molecule has 2 rings (SSSR count). The standard InChI is InChI=1S/C23H29F6N5O4/c1-21(2,3)17(35)12-34(33(4)16-6-8-31-19(10-16)38-14-23(27,28)29)20(36)32-11-15-5-7-30-18(9-15)37-13-22(24,25)26/h5-10,17,35H,11-14H2,1-4H3,(H,32,36)/t17-/m1/s1. The highest BCUT2D eigenvalue weighted by Gasteiger charge is 2.31. The van der Waals surface area contributed by atoms with Gasteiger partial charge < -0.3 is 19.9 Å². The third-order valence-corrected chi connectivity index (χ3v) is 5.04. The Kier molecular flexibility index (Phi) is 10.0. The number of halogens is 6.